The highest BCUT2D eigenvalue weighted by molar-refractivity contribution is 6.36. The molecule has 0 saturated carbocycles. The van der Waals surface area contributed by atoms with Crippen LogP contribution in [0, 0.1) is 5.82 Å². The topological polar surface area (TPSA) is 77.4 Å². The Labute approximate surface area is 231 Å². The minimum absolute atomic E-state index is 0.0346. The molecule has 4 aromatic rings. The molecule has 4 saturated heterocycles. The summed E-state index contributed by atoms with van der Waals surface area (Å²) >= 11 is 6.58. The first-order chi connectivity index (χ1) is 19.0. The van der Waals surface area contributed by atoms with Gasteiger partial charge in [0.1, 0.15) is 28.6 Å². The van der Waals surface area contributed by atoms with E-state index >= 15 is 4.39 Å². The van der Waals surface area contributed by atoms with Gasteiger partial charge < -0.3 is 15.3 Å². The predicted octanol–water partition coefficient (Wildman–Crippen LogP) is 5.06. The highest BCUT2D eigenvalue weighted by Crippen LogP contribution is 2.43. The number of nitrogens with zero attached hydrogens (tertiary/aromatic N) is 5. The molecule has 9 heteroatoms. The third-order valence-electron chi connectivity index (χ3n) is 9.50. The number of anilines is 1. The van der Waals surface area contributed by atoms with Crippen molar-refractivity contribution in [2.75, 3.05) is 31.1 Å². The molecule has 0 unspecified atom stereocenters. The lowest BCUT2D eigenvalue weighted by Gasteiger charge is -2.33. The average Bonchev–Trinajstić information content (AvgIpc) is 3.70. The van der Waals surface area contributed by atoms with E-state index in [1.54, 1.807) is 18.3 Å². The first-order valence-electron chi connectivity index (χ1n) is 14.0. The van der Waals surface area contributed by atoms with Crippen LogP contribution in [0.2, 0.25) is 5.02 Å². The summed E-state index contributed by atoms with van der Waals surface area (Å²) in [4.78, 5) is 19.6. The van der Waals surface area contributed by atoms with Crippen molar-refractivity contribution in [3.8, 4) is 17.0 Å². The number of aromatic hydroxyl groups is 1. The van der Waals surface area contributed by atoms with Crippen molar-refractivity contribution in [3.05, 3.63) is 53.2 Å². The second-order valence-electron chi connectivity index (χ2n) is 11.7. The van der Waals surface area contributed by atoms with E-state index in [-0.39, 0.29) is 17.0 Å². The van der Waals surface area contributed by atoms with Gasteiger partial charge in [0.15, 0.2) is 5.82 Å². The number of rotatable bonds is 4. The highest BCUT2D eigenvalue weighted by atomic mass is 35.5. The SMILES string of the molecule is Oc1cc(-c2ncc3c(N4C[C@H]5C[C@@H]4CN5)nc(CC45CCCN4CCC5)nc3c2F)c2c(Cl)cccc2c1. The number of fused-ring (bicyclic) bond motifs is 5. The van der Waals surface area contributed by atoms with Crippen LogP contribution in [0.5, 0.6) is 5.75 Å². The monoisotopic (exact) mass is 544 g/mol. The zero-order valence-electron chi connectivity index (χ0n) is 21.6. The Balaban J connectivity index is 1.33. The highest BCUT2D eigenvalue weighted by Gasteiger charge is 2.45. The predicted molar refractivity (Wildman–Crippen MR) is 151 cm³/mol. The Hall–Kier alpha value is -3.07. The van der Waals surface area contributed by atoms with E-state index in [1.165, 1.54) is 18.9 Å². The van der Waals surface area contributed by atoms with Crippen LogP contribution in [0.3, 0.4) is 0 Å². The number of benzene rings is 2. The quantitative estimate of drug-likeness (QED) is 0.372. The summed E-state index contributed by atoms with van der Waals surface area (Å²) in [5, 5.41) is 16.5. The molecule has 2 N–H and O–H groups in total. The van der Waals surface area contributed by atoms with Gasteiger partial charge in [0.2, 0.25) is 0 Å². The van der Waals surface area contributed by atoms with Crippen molar-refractivity contribution in [2.45, 2.75) is 56.1 Å². The average molecular weight is 545 g/mol. The minimum atomic E-state index is -0.501. The maximum Gasteiger partial charge on any atom is 0.175 e. The van der Waals surface area contributed by atoms with Crippen LogP contribution in [0.4, 0.5) is 10.2 Å². The fourth-order valence-corrected chi connectivity index (χ4v) is 8.04. The largest absolute Gasteiger partial charge is 0.508 e. The van der Waals surface area contributed by atoms with Gasteiger partial charge in [-0.05, 0) is 68.8 Å². The van der Waals surface area contributed by atoms with E-state index in [0.29, 0.717) is 44.8 Å². The van der Waals surface area contributed by atoms with Crippen LogP contribution in [0.25, 0.3) is 32.9 Å². The zero-order chi connectivity index (χ0) is 26.3. The lowest BCUT2D eigenvalue weighted by molar-refractivity contribution is 0.192. The van der Waals surface area contributed by atoms with Gasteiger partial charge in [0.05, 0.1) is 5.39 Å². The van der Waals surface area contributed by atoms with E-state index in [2.05, 4.69) is 20.1 Å². The number of phenols is 1. The summed E-state index contributed by atoms with van der Waals surface area (Å²) in [5.74, 6) is 1.03. The van der Waals surface area contributed by atoms with Gasteiger partial charge in [0, 0.05) is 59.3 Å². The van der Waals surface area contributed by atoms with Crippen LogP contribution >= 0.6 is 11.6 Å². The van der Waals surface area contributed by atoms with Crippen molar-refractivity contribution in [3.63, 3.8) is 0 Å². The van der Waals surface area contributed by atoms with Gasteiger partial charge in [-0.3, -0.25) is 9.88 Å². The molecule has 4 aliphatic heterocycles. The summed E-state index contributed by atoms with van der Waals surface area (Å²) in [6, 6.07) is 9.38. The lowest BCUT2D eigenvalue weighted by Crippen LogP contribution is -2.44. The first-order valence-corrected chi connectivity index (χ1v) is 14.4. The molecule has 2 atom stereocenters. The number of hydrogen-bond donors (Lipinski definition) is 2. The van der Waals surface area contributed by atoms with Gasteiger partial charge in [-0.15, -0.1) is 0 Å². The molecule has 39 heavy (non-hydrogen) atoms. The number of hydrogen-bond acceptors (Lipinski definition) is 7. The normalized spacial score (nSPS) is 23.9. The molecule has 2 aromatic carbocycles. The maximum atomic E-state index is 16.6. The molecule has 0 aliphatic carbocycles. The number of pyridine rings is 1. The zero-order valence-corrected chi connectivity index (χ0v) is 22.4. The molecule has 6 heterocycles. The molecule has 2 aromatic heterocycles. The van der Waals surface area contributed by atoms with E-state index in [1.807, 2.05) is 12.1 Å². The number of nitrogens with one attached hydrogen (secondary N) is 1. The number of phenolic OH excluding ortho intramolecular Hbond substituents is 1. The summed E-state index contributed by atoms with van der Waals surface area (Å²) in [6.07, 6.45) is 8.16. The van der Waals surface area contributed by atoms with Crippen molar-refractivity contribution < 1.29 is 9.50 Å². The molecule has 8 rings (SSSR count). The Morgan fingerprint density at radius 3 is 2.77 bits per heavy atom. The molecule has 0 radical (unpaired) electrons. The summed E-state index contributed by atoms with van der Waals surface area (Å²) in [7, 11) is 0. The van der Waals surface area contributed by atoms with Crippen molar-refractivity contribution in [1.29, 1.82) is 0 Å². The molecular weight excluding hydrogens is 515 g/mol. The van der Waals surface area contributed by atoms with Gasteiger partial charge in [-0.25, -0.2) is 14.4 Å². The molecule has 7 nitrogen and oxygen atoms in total. The molecule has 4 fully saturated rings. The Morgan fingerprint density at radius 2 is 2.00 bits per heavy atom. The molecule has 0 spiro atoms. The van der Waals surface area contributed by atoms with E-state index in [4.69, 9.17) is 21.6 Å². The van der Waals surface area contributed by atoms with E-state index in [9.17, 15) is 5.11 Å². The summed E-state index contributed by atoms with van der Waals surface area (Å²) < 4.78 is 16.6. The van der Waals surface area contributed by atoms with Crippen LogP contribution in [-0.2, 0) is 6.42 Å². The molecule has 4 aliphatic rings. The number of piperazine rings is 1. The van der Waals surface area contributed by atoms with Crippen molar-refractivity contribution in [2.24, 2.45) is 0 Å². The van der Waals surface area contributed by atoms with Crippen LogP contribution < -0.4 is 10.2 Å². The van der Waals surface area contributed by atoms with Crippen LogP contribution in [0.1, 0.15) is 37.9 Å². The third kappa shape index (κ3) is 3.65. The number of halogens is 2. The molecular formula is C30H30ClFN6O. The lowest BCUT2D eigenvalue weighted by atomic mass is 9.90. The second kappa shape index (κ2) is 8.71. The summed E-state index contributed by atoms with van der Waals surface area (Å²) in [6.45, 7) is 4.00. The van der Waals surface area contributed by atoms with Gasteiger partial charge >= 0.3 is 0 Å². The smallest absolute Gasteiger partial charge is 0.175 e. The third-order valence-corrected chi connectivity index (χ3v) is 9.82. The van der Waals surface area contributed by atoms with Gasteiger partial charge in [-0.1, -0.05) is 23.7 Å². The fourth-order valence-electron chi connectivity index (χ4n) is 7.75. The maximum absolute atomic E-state index is 16.6. The molecule has 0 amide bonds. The Morgan fingerprint density at radius 1 is 1.15 bits per heavy atom. The van der Waals surface area contributed by atoms with Crippen molar-refractivity contribution >= 4 is 39.1 Å². The second-order valence-corrected chi connectivity index (χ2v) is 12.1. The van der Waals surface area contributed by atoms with Crippen LogP contribution in [0.15, 0.2) is 36.5 Å². The Bertz CT molecular complexity index is 1640. The Kier molecular flexibility index (Phi) is 5.32. The number of aromatic nitrogens is 3. The first kappa shape index (κ1) is 23.8. The molecule has 200 valence electrons. The fraction of sp³-hybridized carbons (Fsp3) is 0.433. The molecule has 2 bridgehead atoms. The minimum Gasteiger partial charge on any atom is -0.508 e. The van der Waals surface area contributed by atoms with Gasteiger partial charge in [0.25, 0.3) is 0 Å². The van der Waals surface area contributed by atoms with Gasteiger partial charge in [-0.2, -0.15) is 0 Å². The standard InChI is InChI=1S/C30H30ClFN6O/c31-23-5-1-4-17-10-20(39)12-21(25(17)23)27-26(32)28-22(15-34-27)29(38-16-18-11-19(38)14-33-18)36-24(35-28)13-30-6-2-8-37(30)9-3-7-30/h1,4-5,10,12,15,18-19,33,39H,2-3,6-9,11,13-14,16H2/t18-,19-/m1/s1. The summed E-state index contributed by atoms with van der Waals surface area (Å²) in [5.41, 5.74) is 0.964. The van der Waals surface area contributed by atoms with E-state index < -0.39 is 5.82 Å². The van der Waals surface area contributed by atoms with Crippen molar-refractivity contribution in [1.82, 2.24) is 25.2 Å². The van der Waals surface area contributed by atoms with E-state index in [0.717, 1.165) is 63.1 Å². The van der Waals surface area contributed by atoms with Crippen LogP contribution in [-0.4, -0.2) is 68.8 Å².